The Morgan fingerprint density at radius 3 is 2.68 bits per heavy atom. The summed E-state index contributed by atoms with van der Waals surface area (Å²) in [6.45, 7) is 4.04. The van der Waals surface area contributed by atoms with E-state index in [0.29, 0.717) is 18.6 Å². The second kappa shape index (κ2) is 10.3. The molecule has 1 aliphatic heterocycles. The molecule has 0 aliphatic carbocycles. The summed E-state index contributed by atoms with van der Waals surface area (Å²) in [7, 11) is 0. The van der Waals surface area contributed by atoms with Gasteiger partial charge in [0.25, 0.3) is 0 Å². The molecule has 0 radical (unpaired) electrons. The minimum Gasteiger partial charge on any atom is -0.492 e. The Morgan fingerprint density at radius 2 is 1.93 bits per heavy atom. The van der Waals surface area contributed by atoms with Crippen molar-refractivity contribution in [3.05, 3.63) is 77.5 Å². The van der Waals surface area contributed by atoms with E-state index in [4.69, 9.17) is 10.5 Å². The lowest BCUT2D eigenvalue weighted by Gasteiger charge is -2.15. The van der Waals surface area contributed by atoms with Crippen LogP contribution in [-0.4, -0.2) is 36.9 Å². The number of carbonyl (C=O) groups excluding carboxylic acids is 1. The van der Waals surface area contributed by atoms with Crippen molar-refractivity contribution in [3.8, 4) is 17.6 Å². The third-order valence-electron chi connectivity index (χ3n) is 4.74. The molecule has 0 bridgehead atoms. The molecule has 1 heterocycles. The zero-order valence-corrected chi connectivity index (χ0v) is 16.1. The van der Waals surface area contributed by atoms with Gasteiger partial charge in [0.2, 0.25) is 0 Å². The first-order chi connectivity index (χ1) is 13.7. The van der Waals surface area contributed by atoms with Gasteiger partial charge in [0.1, 0.15) is 12.4 Å². The third kappa shape index (κ3) is 6.00. The molecule has 28 heavy (non-hydrogen) atoms. The van der Waals surface area contributed by atoms with Gasteiger partial charge in [0.05, 0.1) is 0 Å². The molecule has 144 valence electrons. The highest BCUT2D eigenvalue weighted by Gasteiger charge is 2.11. The van der Waals surface area contributed by atoms with Crippen LogP contribution in [0, 0.1) is 11.8 Å². The molecule has 0 unspecified atom stereocenters. The molecule has 1 fully saturated rings. The summed E-state index contributed by atoms with van der Waals surface area (Å²) in [5.74, 6) is 6.70. The Morgan fingerprint density at radius 1 is 1.14 bits per heavy atom. The fourth-order valence-corrected chi connectivity index (χ4v) is 3.23. The first-order valence-electron chi connectivity index (χ1n) is 9.70. The summed E-state index contributed by atoms with van der Waals surface area (Å²) in [4.78, 5) is 15.0. The van der Waals surface area contributed by atoms with E-state index in [1.54, 1.807) is 6.08 Å². The average Bonchev–Trinajstić information content (AvgIpc) is 3.23. The lowest BCUT2D eigenvalue weighted by Crippen LogP contribution is -2.25. The predicted octanol–water partition coefficient (Wildman–Crippen LogP) is 3.41. The van der Waals surface area contributed by atoms with Crippen molar-refractivity contribution >= 4 is 5.78 Å². The SMILES string of the molecule is N/C=C/C#Cc1cccc(C(=O)Cc2ccc(OCCN3CCCC3)cc2)c1. The number of ketones is 1. The summed E-state index contributed by atoms with van der Waals surface area (Å²) < 4.78 is 5.82. The van der Waals surface area contributed by atoms with E-state index in [1.807, 2.05) is 48.5 Å². The molecule has 2 N–H and O–H groups in total. The second-order valence-electron chi connectivity index (χ2n) is 6.85. The average molecular weight is 374 g/mol. The summed E-state index contributed by atoms with van der Waals surface area (Å²) in [5.41, 5.74) is 7.70. The zero-order chi connectivity index (χ0) is 19.6. The molecule has 4 nitrogen and oxygen atoms in total. The molecule has 2 aromatic carbocycles. The number of nitrogens with zero attached hydrogens (tertiary/aromatic N) is 1. The summed E-state index contributed by atoms with van der Waals surface area (Å²) >= 11 is 0. The fraction of sp³-hybridized carbons (Fsp3) is 0.292. The topological polar surface area (TPSA) is 55.6 Å². The van der Waals surface area contributed by atoms with Crippen LogP contribution in [0.5, 0.6) is 5.75 Å². The van der Waals surface area contributed by atoms with Crippen molar-refractivity contribution in [2.45, 2.75) is 19.3 Å². The Kier molecular flexibility index (Phi) is 7.29. The number of benzene rings is 2. The summed E-state index contributed by atoms with van der Waals surface area (Å²) in [6, 6.07) is 15.2. The molecule has 3 rings (SSSR count). The van der Waals surface area contributed by atoms with Crippen molar-refractivity contribution in [3.63, 3.8) is 0 Å². The molecular weight excluding hydrogens is 348 g/mol. The van der Waals surface area contributed by atoms with Crippen LogP contribution in [0.2, 0.25) is 0 Å². The van der Waals surface area contributed by atoms with Crippen molar-refractivity contribution < 1.29 is 9.53 Å². The number of Topliss-reactive ketones (excluding diaryl/α,β-unsaturated/α-hetero) is 1. The number of allylic oxidation sites excluding steroid dienone is 1. The van der Waals surface area contributed by atoms with Crippen LogP contribution in [0.4, 0.5) is 0 Å². The summed E-state index contributed by atoms with van der Waals surface area (Å²) in [6.07, 6.45) is 5.91. The second-order valence-corrected chi connectivity index (χ2v) is 6.85. The van der Waals surface area contributed by atoms with Gasteiger partial charge in [-0.3, -0.25) is 9.69 Å². The number of hydrogen-bond acceptors (Lipinski definition) is 4. The Bertz CT molecular complexity index is 869. The van der Waals surface area contributed by atoms with E-state index >= 15 is 0 Å². The normalized spacial score (nSPS) is 14.0. The van der Waals surface area contributed by atoms with Gasteiger partial charge in [0, 0.05) is 36.4 Å². The number of rotatable bonds is 7. The van der Waals surface area contributed by atoms with Gasteiger partial charge in [-0.1, -0.05) is 36.1 Å². The largest absolute Gasteiger partial charge is 0.492 e. The number of ether oxygens (including phenoxy) is 1. The van der Waals surface area contributed by atoms with Crippen LogP contribution in [0.15, 0.2) is 60.8 Å². The van der Waals surface area contributed by atoms with E-state index in [-0.39, 0.29) is 5.78 Å². The number of nitrogens with two attached hydrogens (primary N) is 1. The van der Waals surface area contributed by atoms with E-state index in [0.717, 1.165) is 23.4 Å². The predicted molar refractivity (Wildman–Crippen MR) is 112 cm³/mol. The maximum Gasteiger partial charge on any atom is 0.167 e. The van der Waals surface area contributed by atoms with Gasteiger partial charge >= 0.3 is 0 Å². The molecule has 2 aromatic rings. The number of likely N-dealkylation sites (tertiary alicyclic amines) is 1. The third-order valence-corrected chi connectivity index (χ3v) is 4.74. The molecule has 0 atom stereocenters. The van der Waals surface area contributed by atoms with Crippen LogP contribution < -0.4 is 10.5 Å². The highest BCUT2D eigenvalue weighted by Crippen LogP contribution is 2.15. The lowest BCUT2D eigenvalue weighted by molar-refractivity contribution is 0.0993. The number of hydrogen-bond donors (Lipinski definition) is 1. The van der Waals surface area contributed by atoms with Crippen LogP contribution in [0.3, 0.4) is 0 Å². The van der Waals surface area contributed by atoms with E-state index in [1.165, 1.54) is 32.1 Å². The van der Waals surface area contributed by atoms with Crippen LogP contribution >= 0.6 is 0 Å². The molecule has 0 aromatic heterocycles. The highest BCUT2D eigenvalue weighted by molar-refractivity contribution is 5.97. The van der Waals surface area contributed by atoms with Crippen molar-refractivity contribution in [2.24, 2.45) is 5.73 Å². The monoisotopic (exact) mass is 374 g/mol. The van der Waals surface area contributed by atoms with E-state index < -0.39 is 0 Å². The van der Waals surface area contributed by atoms with Gasteiger partial charge < -0.3 is 10.5 Å². The molecule has 0 saturated carbocycles. The minimum atomic E-state index is 0.0701. The standard InChI is InChI=1S/C24H26N2O2/c25-13-2-1-6-20-7-5-8-22(18-20)24(27)19-21-9-11-23(12-10-21)28-17-16-26-14-3-4-15-26/h2,5,7-13,18H,3-4,14-17,19,25H2/b13-2+. The van der Waals surface area contributed by atoms with E-state index in [2.05, 4.69) is 16.7 Å². The maximum atomic E-state index is 12.6. The van der Waals surface area contributed by atoms with Crippen molar-refractivity contribution in [1.82, 2.24) is 4.90 Å². The van der Waals surface area contributed by atoms with Gasteiger partial charge in [0.15, 0.2) is 5.78 Å². The Hall–Kier alpha value is -3.03. The zero-order valence-electron chi connectivity index (χ0n) is 16.1. The smallest absolute Gasteiger partial charge is 0.167 e. The van der Waals surface area contributed by atoms with Crippen LogP contribution in [0.25, 0.3) is 0 Å². The van der Waals surface area contributed by atoms with Gasteiger partial charge in [-0.15, -0.1) is 0 Å². The Labute approximate surface area is 167 Å². The van der Waals surface area contributed by atoms with Crippen LogP contribution in [0.1, 0.15) is 34.3 Å². The number of carbonyl (C=O) groups is 1. The van der Waals surface area contributed by atoms with Gasteiger partial charge in [-0.05, 0) is 55.8 Å². The minimum absolute atomic E-state index is 0.0701. The molecule has 0 amide bonds. The molecule has 0 spiro atoms. The van der Waals surface area contributed by atoms with Crippen LogP contribution in [-0.2, 0) is 6.42 Å². The van der Waals surface area contributed by atoms with Gasteiger partial charge in [-0.25, -0.2) is 0 Å². The van der Waals surface area contributed by atoms with Crippen molar-refractivity contribution in [2.75, 3.05) is 26.2 Å². The Balaban J connectivity index is 1.52. The first-order valence-corrected chi connectivity index (χ1v) is 9.70. The van der Waals surface area contributed by atoms with E-state index in [9.17, 15) is 4.79 Å². The lowest BCUT2D eigenvalue weighted by atomic mass is 10.0. The highest BCUT2D eigenvalue weighted by atomic mass is 16.5. The molecule has 1 aliphatic rings. The van der Waals surface area contributed by atoms with Crippen molar-refractivity contribution in [1.29, 1.82) is 0 Å². The first kappa shape index (κ1) is 19.7. The van der Waals surface area contributed by atoms with Gasteiger partial charge in [-0.2, -0.15) is 0 Å². The summed E-state index contributed by atoms with van der Waals surface area (Å²) in [5, 5.41) is 0. The molecular formula is C24H26N2O2. The molecule has 1 saturated heterocycles. The quantitative estimate of drug-likeness (QED) is 0.596. The molecule has 4 heteroatoms. The maximum absolute atomic E-state index is 12.6. The fourth-order valence-electron chi connectivity index (χ4n) is 3.23.